The predicted molar refractivity (Wildman–Crippen MR) is 83.3 cm³/mol. The van der Waals surface area contributed by atoms with Gasteiger partial charge in [-0.05, 0) is 25.0 Å². The van der Waals surface area contributed by atoms with Crippen LogP contribution in [0.3, 0.4) is 0 Å². The van der Waals surface area contributed by atoms with Crippen molar-refractivity contribution in [3.8, 4) is 0 Å². The quantitative estimate of drug-likeness (QED) is 0.589. The van der Waals surface area contributed by atoms with E-state index < -0.39 is 5.97 Å². The fourth-order valence-electron chi connectivity index (χ4n) is 2.69. The molecule has 122 valence electrons. The SMILES string of the molecule is O=C([O-])CSc1nnc(C2CCCCC2)n1/N=C\c1ccco1. The van der Waals surface area contributed by atoms with Crippen molar-refractivity contribution in [2.45, 2.75) is 43.2 Å². The molecule has 0 radical (unpaired) electrons. The van der Waals surface area contributed by atoms with Gasteiger partial charge in [-0.25, -0.2) is 0 Å². The van der Waals surface area contributed by atoms with Gasteiger partial charge in [0.2, 0.25) is 5.16 Å². The number of thioether (sulfide) groups is 1. The van der Waals surface area contributed by atoms with Crippen LogP contribution < -0.4 is 5.11 Å². The van der Waals surface area contributed by atoms with Crippen LogP contribution in [0.4, 0.5) is 0 Å². The summed E-state index contributed by atoms with van der Waals surface area (Å²) in [6, 6.07) is 3.57. The molecule has 0 atom stereocenters. The first-order valence-corrected chi connectivity index (χ1v) is 8.58. The summed E-state index contributed by atoms with van der Waals surface area (Å²) in [7, 11) is 0. The molecule has 0 aromatic carbocycles. The molecule has 2 heterocycles. The van der Waals surface area contributed by atoms with E-state index in [9.17, 15) is 9.90 Å². The number of carbonyl (C=O) groups is 1. The van der Waals surface area contributed by atoms with Gasteiger partial charge >= 0.3 is 0 Å². The Morgan fingerprint density at radius 1 is 1.43 bits per heavy atom. The number of carbonyl (C=O) groups excluding carboxylic acids is 1. The van der Waals surface area contributed by atoms with Crippen LogP contribution >= 0.6 is 11.8 Å². The van der Waals surface area contributed by atoms with E-state index in [0.29, 0.717) is 16.8 Å². The average Bonchev–Trinajstić information content (AvgIpc) is 3.21. The Bertz CT molecular complexity index is 675. The molecular formula is C15H17N4O3S-. The molecule has 0 amide bonds. The van der Waals surface area contributed by atoms with Gasteiger partial charge < -0.3 is 14.3 Å². The molecule has 0 unspecified atom stereocenters. The second-order valence-corrected chi connectivity index (χ2v) is 6.35. The molecule has 0 bridgehead atoms. The molecule has 7 nitrogen and oxygen atoms in total. The van der Waals surface area contributed by atoms with Crippen molar-refractivity contribution >= 4 is 23.9 Å². The Morgan fingerprint density at radius 2 is 2.26 bits per heavy atom. The van der Waals surface area contributed by atoms with Gasteiger partial charge in [-0.1, -0.05) is 31.0 Å². The van der Waals surface area contributed by atoms with Crippen molar-refractivity contribution in [1.29, 1.82) is 0 Å². The van der Waals surface area contributed by atoms with Crippen molar-refractivity contribution in [1.82, 2.24) is 14.9 Å². The molecule has 2 aromatic rings. The lowest BCUT2D eigenvalue weighted by Crippen LogP contribution is -2.24. The molecule has 0 saturated heterocycles. The molecule has 8 heteroatoms. The molecule has 0 aliphatic heterocycles. The number of hydrogen-bond acceptors (Lipinski definition) is 7. The maximum Gasteiger partial charge on any atom is 0.212 e. The number of furan rings is 1. The average molecular weight is 333 g/mol. The van der Waals surface area contributed by atoms with Gasteiger partial charge in [0.05, 0.1) is 18.4 Å². The molecule has 2 aromatic heterocycles. The van der Waals surface area contributed by atoms with Crippen molar-refractivity contribution in [3.05, 3.63) is 30.0 Å². The third-order valence-electron chi connectivity index (χ3n) is 3.77. The second kappa shape index (κ2) is 7.45. The molecule has 1 fully saturated rings. The van der Waals surface area contributed by atoms with E-state index >= 15 is 0 Å². The number of rotatable bonds is 6. The number of nitrogens with zero attached hydrogens (tertiary/aromatic N) is 4. The van der Waals surface area contributed by atoms with Crippen LogP contribution in [0.25, 0.3) is 0 Å². The Labute approximate surface area is 137 Å². The summed E-state index contributed by atoms with van der Waals surface area (Å²) in [6.45, 7) is 0. The van der Waals surface area contributed by atoms with Gasteiger partial charge in [0.25, 0.3) is 0 Å². The van der Waals surface area contributed by atoms with E-state index in [1.54, 1.807) is 29.3 Å². The smallest absolute Gasteiger partial charge is 0.212 e. The standard InChI is InChI=1S/C15H18N4O3S/c20-13(21)10-23-15-18-17-14(11-5-2-1-3-6-11)19(15)16-9-12-7-4-8-22-12/h4,7-9,11H,1-3,5-6,10H2,(H,20,21)/p-1/b16-9-. The van der Waals surface area contributed by atoms with Crippen molar-refractivity contribution in [2.75, 3.05) is 5.75 Å². The van der Waals surface area contributed by atoms with Crippen LogP contribution in [0, 0.1) is 0 Å². The zero-order valence-corrected chi connectivity index (χ0v) is 13.4. The topological polar surface area (TPSA) is 96.3 Å². The lowest BCUT2D eigenvalue weighted by atomic mass is 9.89. The Hall–Kier alpha value is -2.09. The monoisotopic (exact) mass is 333 g/mol. The van der Waals surface area contributed by atoms with Gasteiger partial charge in [-0.3, -0.25) is 0 Å². The predicted octanol–water partition coefficient (Wildman–Crippen LogP) is 1.64. The maximum absolute atomic E-state index is 10.7. The molecule has 3 rings (SSSR count). The summed E-state index contributed by atoms with van der Waals surface area (Å²) in [5, 5.41) is 23.9. The summed E-state index contributed by atoms with van der Waals surface area (Å²) >= 11 is 1.06. The highest BCUT2D eigenvalue weighted by atomic mass is 32.2. The second-order valence-electron chi connectivity index (χ2n) is 5.41. The molecule has 0 N–H and O–H groups in total. The van der Waals surface area contributed by atoms with E-state index in [2.05, 4.69) is 15.3 Å². The number of carboxylic acids is 1. The van der Waals surface area contributed by atoms with Gasteiger partial charge in [0, 0.05) is 11.7 Å². The molecule has 23 heavy (non-hydrogen) atoms. The summed E-state index contributed by atoms with van der Waals surface area (Å²) in [4.78, 5) is 10.7. The molecule has 0 spiro atoms. The van der Waals surface area contributed by atoms with Crippen LogP contribution in [0.2, 0.25) is 0 Å². The van der Waals surface area contributed by atoms with E-state index in [0.717, 1.165) is 30.4 Å². The number of aliphatic carboxylic acids is 1. The minimum absolute atomic E-state index is 0.181. The van der Waals surface area contributed by atoms with E-state index in [1.165, 1.54) is 19.3 Å². The van der Waals surface area contributed by atoms with E-state index in [-0.39, 0.29) is 5.75 Å². The third kappa shape index (κ3) is 4.01. The van der Waals surface area contributed by atoms with E-state index in [4.69, 9.17) is 4.42 Å². The zero-order chi connectivity index (χ0) is 16.1. The highest BCUT2D eigenvalue weighted by molar-refractivity contribution is 7.99. The zero-order valence-electron chi connectivity index (χ0n) is 12.6. The normalized spacial score (nSPS) is 16.2. The summed E-state index contributed by atoms with van der Waals surface area (Å²) < 4.78 is 6.87. The lowest BCUT2D eigenvalue weighted by molar-refractivity contribution is -0.301. The Balaban J connectivity index is 1.87. The van der Waals surface area contributed by atoms with Crippen LogP contribution in [-0.4, -0.2) is 32.8 Å². The molecule has 1 aliphatic rings. The first-order valence-electron chi connectivity index (χ1n) is 7.60. The third-order valence-corrected chi connectivity index (χ3v) is 4.66. The highest BCUT2D eigenvalue weighted by Gasteiger charge is 2.23. The van der Waals surface area contributed by atoms with Gasteiger partial charge in [0.15, 0.2) is 5.82 Å². The molecular weight excluding hydrogens is 316 g/mol. The minimum atomic E-state index is -1.14. The van der Waals surface area contributed by atoms with Crippen LogP contribution in [0.15, 0.2) is 33.1 Å². The summed E-state index contributed by atoms with van der Waals surface area (Å²) in [6.07, 6.45) is 8.84. The maximum atomic E-state index is 10.7. The van der Waals surface area contributed by atoms with Gasteiger partial charge in [0.1, 0.15) is 5.76 Å². The number of carboxylic acid groups (broad SMARTS) is 1. The van der Waals surface area contributed by atoms with Crippen molar-refractivity contribution in [3.63, 3.8) is 0 Å². The van der Waals surface area contributed by atoms with Crippen molar-refractivity contribution in [2.24, 2.45) is 5.10 Å². The van der Waals surface area contributed by atoms with Crippen LogP contribution in [-0.2, 0) is 4.79 Å². The first-order chi connectivity index (χ1) is 11.2. The first kappa shape index (κ1) is 15.8. The van der Waals surface area contributed by atoms with Gasteiger partial charge in [-0.15, -0.1) is 10.2 Å². The van der Waals surface area contributed by atoms with Crippen molar-refractivity contribution < 1.29 is 14.3 Å². The summed E-state index contributed by atoms with van der Waals surface area (Å²) in [5.74, 6) is 0.387. The van der Waals surface area contributed by atoms with E-state index in [1.807, 2.05) is 0 Å². The number of aromatic nitrogens is 3. The lowest BCUT2D eigenvalue weighted by Gasteiger charge is -2.20. The summed E-state index contributed by atoms with van der Waals surface area (Å²) in [5.41, 5.74) is 0. The largest absolute Gasteiger partial charge is 0.549 e. The Morgan fingerprint density at radius 3 is 2.96 bits per heavy atom. The molecule has 1 saturated carbocycles. The van der Waals surface area contributed by atoms with Crippen LogP contribution in [0.1, 0.15) is 49.6 Å². The highest BCUT2D eigenvalue weighted by Crippen LogP contribution is 2.33. The van der Waals surface area contributed by atoms with Crippen LogP contribution in [0.5, 0.6) is 0 Å². The fourth-order valence-corrected chi connectivity index (χ4v) is 3.30. The Kier molecular flexibility index (Phi) is 5.12. The molecule has 1 aliphatic carbocycles. The number of hydrogen-bond donors (Lipinski definition) is 0. The minimum Gasteiger partial charge on any atom is -0.549 e. The van der Waals surface area contributed by atoms with Gasteiger partial charge in [-0.2, -0.15) is 9.78 Å². The fraction of sp³-hybridized carbons (Fsp3) is 0.467.